The van der Waals surface area contributed by atoms with Gasteiger partial charge in [0.2, 0.25) is 0 Å². The molecule has 108 valence electrons. The lowest BCUT2D eigenvalue weighted by molar-refractivity contribution is -0.385. The summed E-state index contributed by atoms with van der Waals surface area (Å²) in [4.78, 5) is 22.4. The summed E-state index contributed by atoms with van der Waals surface area (Å²) in [5.74, 6) is -1.11. The number of hydrogen-bond donors (Lipinski definition) is 1. The number of carbonyl (C=O) groups is 1. The fourth-order valence-electron chi connectivity index (χ4n) is 1.76. The highest BCUT2D eigenvalue weighted by molar-refractivity contribution is 9.10. The van der Waals surface area contributed by atoms with Crippen molar-refractivity contribution in [1.29, 1.82) is 0 Å². The predicted molar refractivity (Wildman–Crippen MR) is 79.9 cm³/mol. The number of anilines is 1. The molecule has 21 heavy (non-hydrogen) atoms. The molecule has 1 amide bonds. The van der Waals surface area contributed by atoms with Crippen LogP contribution >= 0.6 is 15.9 Å². The number of nitrogens with one attached hydrogen (secondary N) is 1. The van der Waals surface area contributed by atoms with Gasteiger partial charge >= 0.3 is 0 Å². The van der Waals surface area contributed by atoms with Gasteiger partial charge in [-0.3, -0.25) is 14.9 Å². The molecule has 0 spiro atoms. The molecule has 0 saturated heterocycles. The van der Waals surface area contributed by atoms with Crippen LogP contribution in [0.15, 0.2) is 40.9 Å². The van der Waals surface area contributed by atoms with Crippen molar-refractivity contribution < 1.29 is 14.1 Å². The number of hydrogen-bond acceptors (Lipinski definition) is 3. The smallest absolute Gasteiger partial charge is 0.274 e. The first-order valence-corrected chi connectivity index (χ1v) is 6.70. The lowest BCUT2D eigenvalue weighted by Crippen LogP contribution is -2.13. The maximum atomic E-state index is 13.4. The Morgan fingerprint density at radius 3 is 2.71 bits per heavy atom. The number of benzene rings is 2. The van der Waals surface area contributed by atoms with Crippen LogP contribution in [0.3, 0.4) is 0 Å². The fourth-order valence-corrected chi connectivity index (χ4v) is 2.21. The summed E-state index contributed by atoms with van der Waals surface area (Å²) >= 11 is 3.00. The average Bonchev–Trinajstić information content (AvgIpc) is 2.43. The molecule has 7 heteroatoms. The summed E-state index contributed by atoms with van der Waals surface area (Å²) in [5.41, 5.74) is 0.780. The SMILES string of the molecule is Cc1ccc(NC(=O)c2cccc(F)c2Br)cc1[N+](=O)[O-]. The van der Waals surface area contributed by atoms with Gasteiger partial charge in [-0.1, -0.05) is 12.1 Å². The van der Waals surface area contributed by atoms with Crippen LogP contribution in [-0.4, -0.2) is 10.8 Å². The van der Waals surface area contributed by atoms with Gasteiger partial charge in [-0.05, 0) is 41.1 Å². The zero-order valence-electron chi connectivity index (χ0n) is 10.9. The van der Waals surface area contributed by atoms with Crippen LogP contribution in [0.25, 0.3) is 0 Å². The Morgan fingerprint density at radius 2 is 2.05 bits per heavy atom. The van der Waals surface area contributed by atoms with E-state index in [4.69, 9.17) is 0 Å². The number of rotatable bonds is 3. The van der Waals surface area contributed by atoms with Crippen molar-refractivity contribution in [1.82, 2.24) is 0 Å². The van der Waals surface area contributed by atoms with Gasteiger partial charge in [0, 0.05) is 17.3 Å². The zero-order valence-corrected chi connectivity index (χ0v) is 12.5. The highest BCUT2D eigenvalue weighted by Crippen LogP contribution is 2.25. The molecule has 0 heterocycles. The van der Waals surface area contributed by atoms with Crippen LogP contribution in [-0.2, 0) is 0 Å². The van der Waals surface area contributed by atoms with Gasteiger partial charge in [-0.15, -0.1) is 0 Å². The van der Waals surface area contributed by atoms with Crippen molar-refractivity contribution in [3.05, 3.63) is 67.9 Å². The summed E-state index contributed by atoms with van der Waals surface area (Å²) < 4.78 is 13.4. The molecule has 0 radical (unpaired) electrons. The molecule has 0 unspecified atom stereocenters. The standard InChI is InChI=1S/C14H10BrFN2O3/c1-8-5-6-9(7-12(8)18(20)21)17-14(19)10-3-2-4-11(16)13(10)15/h2-7H,1H3,(H,17,19). The summed E-state index contributed by atoms with van der Waals surface area (Å²) in [6.07, 6.45) is 0. The third kappa shape index (κ3) is 3.25. The Morgan fingerprint density at radius 1 is 1.33 bits per heavy atom. The van der Waals surface area contributed by atoms with E-state index in [1.165, 1.54) is 30.3 Å². The summed E-state index contributed by atoms with van der Waals surface area (Å²) in [6.45, 7) is 1.60. The quantitative estimate of drug-likeness (QED) is 0.668. The number of nitro benzene ring substituents is 1. The maximum absolute atomic E-state index is 13.4. The van der Waals surface area contributed by atoms with E-state index in [2.05, 4.69) is 21.2 Å². The summed E-state index contributed by atoms with van der Waals surface area (Å²) in [6, 6.07) is 8.43. The molecule has 5 nitrogen and oxygen atoms in total. The molecule has 0 aliphatic rings. The first-order chi connectivity index (χ1) is 9.90. The Balaban J connectivity index is 2.30. The van der Waals surface area contributed by atoms with Crippen LogP contribution in [0.4, 0.5) is 15.8 Å². The zero-order chi connectivity index (χ0) is 15.6. The second kappa shape index (κ2) is 6.01. The monoisotopic (exact) mass is 352 g/mol. The maximum Gasteiger partial charge on any atom is 0.274 e. The first-order valence-electron chi connectivity index (χ1n) is 5.90. The van der Waals surface area contributed by atoms with E-state index in [1.807, 2.05) is 0 Å². The molecule has 0 fully saturated rings. The van der Waals surface area contributed by atoms with Gasteiger partial charge in [-0.2, -0.15) is 0 Å². The first kappa shape index (κ1) is 15.1. The molecule has 0 aromatic heterocycles. The molecule has 0 aliphatic heterocycles. The van der Waals surface area contributed by atoms with Gasteiger partial charge < -0.3 is 5.32 Å². The molecular formula is C14H10BrFN2O3. The van der Waals surface area contributed by atoms with Gasteiger partial charge in [-0.25, -0.2) is 4.39 Å². The number of aryl methyl sites for hydroxylation is 1. The van der Waals surface area contributed by atoms with Crippen molar-refractivity contribution in [2.75, 3.05) is 5.32 Å². The van der Waals surface area contributed by atoms with E-state index >= 15 is 0 Å². The van der Waals surface area contributed by atoms with Crippen molar-refractivity contribution in [3.63, 3.8) is 0 Å². The van der Waals surface area contributed by atoms with Crippen molar-refractivity contribution >= 4 is 33.2 Å². The molecule has 2 rings (SSSR count). The fraction of sp³-hybridized carbons (Fsp3) is 0.0714. The minimum Gasteiger partial charge on any atom is -0.322 e. The molecule has 1 N–H and O–H groups in total. The highest BCUT2D eigenvalue weighted by Gasteiger charge is 2.16. The molecule has 0 saturated carbocycles. The van der Waals surface area contributed by atoms with Crippen LogP contribution in [0.2, 0.25) is 0 Å². The number of nitro groups is 1. The van der Waals surface area contributed by atoms with Gasteiger partial charge in [0.1, 0.15) is 5.82 Å². The normalized spacial score (nSPS) is 10.2. The molecule has 2 aromatic rings. The van der Waals surface area contributed by atoms with Crippen LogP contribution < -0.4 is 5.32 Å². The number of nitrogens with zero attached hydrogens (tertiary/aromatic N) is 1. The van der Waals surface area contributed by atoms with E-state index in [1.54, 1.807) is 13.0 Å². The lowest BCUT2D eigenvalue weighted by Gasteiger charge is -2.08. The topological polar surface area (TPSA) is 72.2 Å². The second-order valence-electron chi connectivity index (χ2n) is 4.31. The molecule has 0 bridgehead atoms. The minimum absolute atomic E-state index is 0.0455. The van der Waals surface area contributed by atoms with Gasteiger partial charge in [0.25, 0.3) is 11.6 Å². The number of halogens is 2. The highest BCUT2D eigenvalue weighted by atomic mass is 79.9. The van der Waals surface area contributed by atoms with Crippen LogP contribution in [0.5, 0.6) is 0 Å². The molecule has 0 aliphatic carbocycles. The van der Waals surface area contributed by atoms with Gasteiger partial charge in [0.05, 0.1) is 15.0 Å². The van der Waals surface area contributed by atoms with Gasteiger partial charge in [0.15, 0.2) is 0 Å². The van der Waals surface area contributed by atoms with E-state index in [0.29, 0.717) is 5.56 Å². The third-order valence-corrected chi connectivity index (χ3v) is 3.67. The van der Waals surface area contributed by atoms with E-state index in [0.717, 1.165) is 0 Å². The molecule has 2 aromatic carbocycles. The van der Waals surface area contributed by atoms with Crippen LogP contribution in [0, 0.1) is 22.9 Å². The van der Waals surface area contributed by atoms with Crippen molar-refractivity contribution in [3.8, 4) is 0 Å². The Bertz CT molecular complexity index is 734. The Kier molecular flexibility index (Phi) is 4.32. The number of amides is 1. The van der Waals surface area contributed by atoms with Crippen LogP contribution in [0.1, 0.15) is 15.9 Å². The summed E-state index contributed by atoms with van der Waals surface area (Å²) in [7, 11) is 0. The lowest BCUT2D eigenvalue weighted by atomic mass is 10.1. The van der Waals surface area contributed by atoms with Crippen molar-refractivity contribution in [2.45, 2.75) is 6.92 Å². The Hall–Kier alpha value is -2.28. The average molecular weight is 353 g/mol. The molecule has 0 atom stereocenters. The largest absolute Gasteiger partial charge is 0.322 e. The van der Waals surface area contributed by atoms with E-state index in [-0.39, 0.29) is 21.4 Å². The number of carbonyl (C=O) groups excluding carboxylic acids is 1. The van der Waals surface area contributed by atoms with E-state index in [9.17, 15) is 19.3 Å². The second-order valence-corrected chi connectivity index (χ2v) is 5.11. The Labute approximate surface area is 128 Å². The van der Waals surface area contributed by atoms with Crippen molar-refractivity contribution in [2.24, 2.45) is 0 Å². The predicted octanol–water partition coefficient (Wildman–Crippen LogP) is 4.06. The summed E-state index contributed by atoms with van der Waals surface area (Å²) in [5, 5.41) is 13.4. The van der Waals surface area contributed by atoms with E-state index < -0.39 is 16.6 Å². The molecular weight excluding hydrogens is 343 g/mol. The third-order valence-electron chi connectivity index (χ3n) is 2.86. The minimum atomic E-state index is -0.558.